The van der Waals surface area contributed by atoms with Gasteiger partial charge >= 0.3 is 6.09 Å². The van der Waals surface area contributed by atoms with Crippen molar-refractivity contribution >= 4 is 33.0 Å². The largest absolute Gasteiger partial charge is 0.444 e. The van der Waals surface area contributed by atoms with E-state index in [-0.39, 0.29) is 40.5 Å². The number of hydrogen-bond acceptors (Lipinski definition) is 7. The molecule has 2 N–H and O–H groups in total. The highest BCUT2D eigenvalue weighted by molar-refractivity contribution is 7.91. The lowest BCUT2D eigenvalue weighted by Gasteiger charge is -2.36. The van der Waals surface area contributed by atoms with Gasteiger partial charge in [0.15, 0.2) is 10.7 Å². The Morgan fingerprint density at radius 2 is 1.97 bits per heavy atom. The van der Waals surface area contributed by atoms with Gasteiger partial charge in [-0.25, -0.2) is 23.2 Å². The van der Waals surface area contributed by atoms with E-state index >= 15 is 0 Å². The van der Waals surface area contributed by atoms with E-state index in [1.807, 2.05) is 19.9 Å². The average Bonchev–Trinajstić information content (AvgIpc) is 3.28. The molecule has 0 saturated carbocycles. The van der Waals surface area contributed by atoms with Crippen LogP contribution in [0.15, 0.2) is 46.5 Å². The Labute approximate surface area is 216 Å². The zero-order valence-electron chi connectivity index (χ0n) is 21.7. The first-order valence-electron chi connectivity index (χ1n) is 12.3. The number of rotatable bonds is 5. The number of nitrogens with zero attached hydrogens (tertiary/aromatic N) is 3. The van der Waals surface area contributed by atoms with E-state index < -0.39 is 27.4 Å². The maximum absolute atomic E-state index is 13.5. The molecular formula is C26H33N5O5S. The number of H-pyrrole nitrogens is 1. The minimum Gasteiger partial charge on any atom is -0.444 e. The van der Waals surface area contributed by atoms with Crippen LogP contribution in [-0.2, 0) is 25.9 Å². The molecular weight excluding hydrogens is 494 g/mol. The van der Waals surface area contributed by atoms with Crippen LogP contribution in [0.2, 0.25) is 0 Å². The summed E-state index contributed by atoms with van der Waals surface area (Å²) in [4.78, 5) is 39.2. The Morgan fingerprint density at radius 1 is 1.22 bits per heavy atom. The molecule has 0 bridgehead atoms. The van der Waals surface area contributed by atoms with Crippen LogP contribution in [0.4, 0.5) is 4.79 Å². The first-order chi connectivity index (χ1) is 17.3. The van der Waals surface area contributed by atoms with Crippen molar-refractivity contribution in [2.45, 2.75) is 63.1 Å². The highest BCUT2D eigenvalue weighted by atomic mass is 32.2. The highest BCUT2D eigenvalue weighted by Crippen LogP contribution is 2.27. The average molecular weight is 528 g/mol. The van der Waals surface area contributed by atoms with E-state index in [2.05, 4.69) is 20.3 Å². The van der Waals surface area contributed by atoms with Gasteiger partial charge in [-0.2, -0.15) is 0 Å². The van der Waals surface area contributed by atoms with Crippen LogP contribution in [0.1, 0.15) is 45.4 Å². The van der Waals surface area contributed by atoms with Crippen molar-refractivity contribution in [3.63, 3.8) is 0 Å². The van der Waals surface area contributed by atoms with E-state index in [0.29, 0.717) is 24.1 Å². The number of carbonyl (C=O) groups excluding carboxylic acids is 2. The number of benzene rings is 1. The lowest BCUT2D eigenvalue weighted by Crippen LogP contribution is -2.49. The predicted octanol–water partition coefficient (Wildman–Crippen LogP) is 3.61. The minimum absolute atomic E-state index is 0.0346. The number of aromatic nitrogens is 3. The van der Waals surface area contributed by atoms with Crippen LogP contribution in [0.25, 0.3) is 11.2 Å². The summed E-state index contributed by atoms with van der Waals surface area (Å²) in [6, 6.07) is 8.27. The zero-order chi connectivity index (χ0) is 27.0. The molecule has 4 rings (SSSR count). The minimum atomic E-state index is -4.00. The van der Waals surface area contributed by atoms with Crippen molar-refractivity contribution < 1.29 is 22.7 Å². The molecule has 2 aromatic heterocycles. The van der Waals surface area contributed by atoms with E-state index in [4.69, 9.17) is 4.74 Å². The monoisotopic (exact) mass is 527 g/mol. The van der Waals surface area contributed by atoms with Gasteiger partial charge in [0.25, 0.3) is 0 Å². The Hall–Kier alpha value is -3.47. The fraction of sp³-hybridized carbons (Fsp3) is 0.462. The molecule has 0 spiro atoms. The van der Waals surface area contributed by atoms with Crippen LogP contribution in [-0.4, -0.2) is 59.0 Å². The first-order valence-corrected chi connectivity index (χ1v) is 13.7. The smallest absolute Gasteiger partial charge is 0.410 e. The van der Waals surface area contributed by atoms with E-state index in [1.54, 1.807) is 50.1 Å². The molecule has 11 heteroatoms. The molecule has 2 amide bonds. The Kier molecular flexibility index (Phi) is 7.27. The summed E-state index contributed by atoms with van der Waals surface area (Å²) in [6.45, 7) is 9.78. The van der Waals surface area contributed by atoms with Crippen LogP contribution in [0.3, 0.4) is 0 Å². The second-order valence-corrected chi connectivity index (χ2v) is 12.4. The van der Waals surface area contributed by atoms with Crippen LogP contribution in [0.5, 0.6) is 0 Å². The summed E-state index contributed by atoms with van der Waals surface area (Å²) in [5.74, 6) is -0.718. The molecule has 3 aromatic rings. The van der Waals surface area contributed by atoms with Crippen molar-refractivity contribution in [1.82, 2.24) is 25.2 Å². The number of piperidine rings is 1. The van der Waals surface area contributed by atoms with E-state index in [0.717, 1.165) is 5.56 Å². The number of carbonyl (C=O) groups is 2. The molecule has 2 atom stereocenters. The third-order valence-corrected chi connectivity index (χ3v) is 8.06. The number of hydrogen-bond donors (Lipinski definition) is 2. The molecule has 0 aliphatic carbocycles. The molecule has 3 heterocycles. The van der Waals surface area contributed by atoms with Gasteiger partial charge in [-0.3, -0.25) is 4.79 Å². The predicted molar refractivity (Wildman–Crippen MR) is 137 cm³/mol. The second-order valence-electron chi connectivity index (χ2n) is 10.5. The lowest BCUT2D eigenvalue weighted by molar-refractivity contribution is -0.128. The van der Waals surface area contributed by atoms with Gasteiger partial charge in [0, 0.05) is 19.3 Å². The van der Waals surface area contributed by atoms with Crippen molar-refractivity contribution in [3.05, 3.63) is 47.8 Å². The van der Waals surface area contributed by atoms with Gasteiger partial charge < -0.3 is 19.9 Å². The van der Waals surface area contributed by atoms with Gasteiger partial charge in [0.1, 0.15) is 11.1 Å². The Bertz CT molecular complexity index is 1430. The number of ether oxygens (including phenoxy) is 1. The fourth-order valence-corrected chi connectivity index (χ4v) is 5.78. The Balaban J connectivity index is 1.57. The van der Waals surface area contributed by atoms with Crippen molar-refractivity contribution in [1.29, 1.82) is 0 Å². The van der Waals surface area contributed by atoms with Gasteiger partial charge in [-0.1, -0.05) is 19.1 Å². The van der Waals surface area contributed by atoms with Crippen molar-refractivity contribution in [2.75, 3.05) is 13.1 Å². The standard InChI is InChI=1S/C26H33N5O5S/c1-16-7-6-8-18(13-16)37(34,35)24-21(29-20-9-11-27-22(20)30-24)14-28-23(32)19-15-31(12-10-17(19)2)25(33)36-26(3,4)5/h6-9,11,13,17,19H,10,12,14-15H2,1-5H3,(H,27,30)(H,28,32). The lowest BCUT2D eigenvalue weighted by atomic mass is 9.86. The van der Waals surface area contributed by atoms with Crippen LogP contribution < -0.4 is 5.32 Å². The highest BCUT2D eigenvalue weighted by Gasteiger charge is 2.35. The van der Waals surface area contributed by atoms with Crippen LogP contribution in [0, 0.1) is 18.8 Å². The summed E-state index contributed by atoms with van der Waals surface area (Å²) in [7, 11) is -4.00. The SMILES string of the molecule is Cc1cccc(S(=O)(=O)c2nc3[nH]ccc3nc2CNC(=O)C2CN(C(=O)OC(C)(C)C)CCC2C)c1. The van der Waals surface area contributed by atoms with Gasteiger partial charge in [-0.05, 0) is 63.8 Å². The summed E-state index contributed by atoms with van der Waals surface area (Å²) >= 11 is 0. The van der Waals surface area contributed by atoms with Crippen molar-refractivity contribution in [3.8, 4) is 0 Å². The number of nitrogens with one attached hydrogen (secondary N) is 2. The molecule has 1 aliphatic rings. The molecule has 0 radical (unpaired) electrons. The number of likely N-dealkylation sites (tertiary alicyclic amines) is 1. The molecule has 37 heavy (non-hydrogen) atoms. The fourth-order valence-electron chi connectivity index (χ4n) is 4.32. The number of aryl methyl sites for hydroxylation is 1. The van der Waals surface area contributed by atoms with E-state index in [1.165, 1.54) is 6.07 Å². The molecule has 2 unspecified atom stereocenters. The maximum atomic E-state index is 13.5. The van der Waals surface area contributed by atoms with Crippen molar-refractivity contribution in [2.24, 2.45) is 11.8 Å². The summed E-state index contributed by atoms with van der Waals surface area (Å²) in [5, 5.41) is 2.64. The third kappa shape index (κ3) is 5.93. The quantitative estimate of drug-likeness (QED) is 0.518. The third-order valence-electron chi connectivity index (χ3n) is 6.35. The van der Waals surface area contributed by atoms with Crippen LogP contribution >= 0.6 is 0 Å². The molecule has 198 valence electrons. The number of amides is 2. The molecule has 10 nitrogen and oxygen atoms in total. The molecule has 1 fully saturated rings. The molecule has 1 aromatic carbocycles. The second kappa shape index (κ2) is 10.1. The topological polar surface area (TPSA) is 134 Å². The summed E-state index contributed by atoms with van der Waals surface area (Å²) in [5.41, 5.74) is 1.15. The zero-order valence-corrected chi connectivity index (χ0v) is 22.6. The van der Waals surface area contributed by atoms with Gasteiger partial charge in [-0.15, -0.1) is 0 Å². The maximum Gasteiger partial charge on any atom is 0.410 e. The number of fused-ring (bicyclic) bond motifs is 1. The number of aromatic amines is 1. The van der Waals surface area contributed by atoms with Gasteiger partial charge in [0.05, 0.1) is 23.1 Å². The molecule has 1 aliphatic heterocycles. The normalized spacial score (nSPS) is 18.6. The Morgan fingerprint density at radius 3 is 2.68 bits per heavy atom. The van der Waals surface area contributed by atoms with E-state index in [9.17, 15) is 18.0 Å². The first kappa shape index (κ1) is 26.6. The summed E-state index contributed by atoms with van der Waals surface area (Å²) in [6.07, 6.45) is 1.83. The molecule has 1 saturated heterocycles. The van der Waals surface area contributed by atoms with Gasteiger partial charge in [0.2, 0.25) is 15.7 Å². The number of sulfone groups is 1. The summed E-state index contributed by atoms with van der Waals surface area (Å²) < 4.78 is 32.5.